The maximum atomic E-state index is 13.9. The second kappa shape index (κ2) is 18.7. The number of benzene rings is 4. The van der Waals surface area contributed by atoms with Crippen molar-refractivity contribution in [3.8, 4) is 33.6 Å². The van der Waals surface area contributed by atoms with E-state index in [9.17, 15) is 19.2 Å². The number of imidazole rings is 2. The van der Waals surface area contributed by atoms with Crippen LogP contribution < -0.4 is 10.6 Å². The number of rotatable bonds is 12. The van der Waals surface area contributed by atoms with Crippen molar-refractivity contribution < 1.29 is 38.1 Å². The van der Waals surface area contributed by atoms with Gasteiger partial charge in [0.25, 0.3) is 5.91 Å². The van der Waals surface area contributed by atoms with Gasteiger partial charge in [-0.2, -0.15) is 0 Å². The van der Waals surface area contributed by atoms with E-state index in [-0.39, 0.29) is 31.1 Å². The normalized spacial score (nSPS) is 17.3. The van der Waals surface area contributed by atoms with E-state index in [1.807, 2.05) is 36.4 Å². The molecule has 4 aromatic carbocycles. The standard InChI is InChI=1S/C46H48N8O8/c1-59-26-37(51-45(57)60-2)43(55)54-20-21-62-27-39(54)42-48-25-36(50-42)34-18-17-32-22-31(15-16-33(32)23-34)28-11-13-29(14-12-28)35-24-47-41(49-35)38-10-7-19-53(38)44(56)40(52-46(58)61-3)30-8-5-4-6-9-30/h4-6,8-9,11-18,22-25,37-40H,7,10,19-21,26-27H2,1-3H3,(H,47,49)(H,48,50)(H,51,57)(H,52,58). The SMILES string of the molecule is COCC(NC(=O)OC)C(=O)N1CCOCC1c1ncc(-c2ccc3cc(-c4ccc(-c5cnc(C6CCCN6C(=O)C(NC(=O)OC)c6ccccc6)[nH]5)cc4)ccc3c2)[nH]1. The fourth-order valence-corrected chi connectivity index (χ4v) is 8.17. The van der Waals surface area contributed by atoms with Crippen LogP contribution in [0.25, 0.3) is 44.4 Å². The Hall–Kier alpha value is -7.04. The number of carbonyl (C=O) groups excluding carboxylic acids is 4. The molecule has 0 bridgehead atoms. The Balaban J connectivity index is 0.945. The Bertz CT molecular complexity index is 2540. The van der Waals surface area contributed by atoms with Crippen LogP contribution in [-0.2, 0) is 28.5 Å². The molecule has 0 radical (unpaired) electrons. The van der Waals surface area contributed by atoms with Crippen LogP contribution in [0.1, 0.15) is 48.2 Å². The number of likely N-dealkylation sites (tertiary alicyclic amines) is 1. The highest BCUT2D eigenvalue weighted by molar-refractivity contribution is 5.91. The van der Waals surface area contributed by atoms with Gasteiger partial charge >= 0.3 is 12.2 Å². The predicted molar refractivity (Wildman–Crippen MR) is 229 cm³/mol. The van der Waals surface area contributed by atoms with Crippen LogP contribution in [0.2, 0.25) is 0 Å². The predicted octanol–water partition coefficient (Wildman–Crippen LogP) is 6.32. The second-order valence-electron chi connectivity index (χ2n) is 15.2. The average molecular weight is 841 g/mol. The summed E-state index contributed by atoms with van der Waals surface area (Å²) >= 11 is 0. The van der Waals surface area contributed by atoms with Gasteiger partial charge in [0.15, 0.2) is 0 Å². The Morgan fingerprint density at radius 1 is 0.710 bits per heavy atom. The zero-order valence-electron chi connectivity index (χ0n) is 34.6. The van der Waals surface area contributed by atoms with Gasteiger partial charge in [-0.1, -0.05) is 78.9 Å². The maximum absolute atomic E-state index is 13.9. The van der Waals surface area contributed by atoms with Gasteiger partial charge in [0.2, 0.25) is 5.91 Å². The first kappa shape index (κ1) is 41.7. The number of nitrogens with one attached hydrogen (secondary N) is 4. The molecule has 8 rings (SSSR count). The van der Waals surface area contributed by atoms with Crippen molar-refractivity contribution in [3.05, 3.63) is 121 Å². The Morgan fingerprint density at radius 2 is 1.31 bits per heavy atom. The Labute approximate surface area is 357 Å². The number of carbonyl (C=O) groups is 4. The number of aromatic nitrogens is 4. The van der Waals surface area contributed by atoms with Crippen LogP contribution in [0, 0.1) is 0 Å². The zero-order chi connectivity index (χ0) is 43.2. The van der Waals surface area contributed by atoms with E-state index >= 15 is 0 Å². The summed E-state index contributed by atoms with van der Waals surface area (Å²) in [7, 11) is 3.98. The first-order valence-corrected chi connectivity index (χ1v) is 20.4. The molecule has 2 fully saturated rings. The fraction of sp³-hybridized carbons (Fsp3) is 0.304. The van der Waals surface area contributed by atoms with Gasteiger partial charge < -0.3 is 49.3 Å². The highest BCUT2D eigenvalue weighted by atomic mass is 16.5. The summed E-state index contributed by atoms with van der Waals surface area (Å²) in [5.74, 6) is 0.735. The number of alkyl carbamates (subject to hydrolysis) is 2. The van der Waals surface area contributed by atoms with Crippen molar-refractivity contribution in [2.24, 2.45) is 0 Å². The monoisotopic (exact) mass is 840 g/mol. The van der Waals surface area contributed by atoms with Crippen molar-refractivity contribution in [1.29, 1.82) is 0 Å². The summed E-state index contributed by atoms with van der Waals surface area (Å²) in [5, 5.41) is 7.39. The number of fused-ring (bicyclic) bond motifs is 1. The molecule has 6 aromatic rings. The fourth-order valence-electron chi connectivity index (χ4n) is 8.17. The highest BCUT2D eigenvalue weighted by Crippen LogP contribution is 2.35. The summed E-state index contributed by atoms with van der Waals surface area (Å²) in [5.41, 5.74) is 6.32. The lowest BCUT2D eigenvalue weighted by molar-refractivity contribution is -0.144. The number of hydrogen-bond donors (Lipinski definition) is 4. The van der Waals surface area contributed by atoms with Crippen molar-refractivity contribution in [1.82, 2.24) is 40.4 Å². The lowest BCUT2D eigenvalue weighted by Gasteiger charge is -2.36. The van der Waals surface area contributed by atoms with E-state index in [1.165, 1.54) is 21.3 Å². The minimum atomic E-state index is -0.927. The third kappa shape index (κ3) is 8.87. The molecule has 2 saturated heterocycles. The molecular weight excluding hydrogens is 793 g/mol. The largest absolute Gasteiger partial charge is 0.453 e. The summed E-state index contributed by atoms with van der Waals surface area (Å²) in [4.78, 5) is 71.3. The molecule has 320 valence electrons. The van der Waals surface area contributed by atoms with Crippen molar-refractivity contribution in [2.45, 2.75) is 37.0 Å². The van der Waals surface area contributed by atoms with Crippen molar-refractivity contribution >= 4 is 34.8 Å². The number of methoxy groups -OCH3 is 3. The molecule has 0 aliphatic carbocycles. The molecule has 62 heavy (non-hydrogen) atoms. The van der Waals surface area contributed by atoms with E-state index in [0.717, 1.165) is 57.3 Å². The maximum Gasteiger partial charge on any atom is 0.407 e. The number of amides is 4. The van der Waals surface area contributed by atoms with Gasteiger partial charge in [0, 0.05) is 25.8 Å². The first-order valence-electron chi connectivity index (χ1n) is 20.4. The molecule has 16 nitrogen and oxygen atoms in total. The van der Waals surface area contributed by atoms with E-state index < -0.39 is 30.3 Å². The van der Waals surface area contributed by atoms with Crippen molar-refractivity contribution in [2.75, 3.05) is 54.2 Å². The Kier molecular flexibility index (Phi) is 12.6. The molecule has 4 N–H and O–H groups in total. The van der Waals surface area contributed by atoms with Gasteiger partial charge in [-0.15, -0.1) is 0 Å². The third-order valence-corrected chi connectivity index (χ3v) is 11.4. The van der Waals surface area contributed by atoms with Crippen LogP contribution >= 0.6 is 0 Å². The molecule has 2 aliphatic rings. The molecule has 4 atom stereocenters. The van der Waals surface area contributed by atoms with Crippen LogP contribution in [0.4, 0.5) is 9.59 Å². The topological polar surface area (TPSA) is 193 Å². The molecule has 2 aromatic heterocycles. The Morgan fingerprint density at radius 3 is 2.00 bits per heavy atom. The number of ether oxygens (including phenoxy) is 4. The summed E-state index contributed by atoms with van der Waals surface area (Å²) < 4.78 is 20.5. The van der Waals surface area contributed by atoms with E-state index in [2.05, 4.69) is 80.2 Å². The van der Waals surface area contributed by atoms with E-state index in [4.69, 9.17) is 23.9 Å². The second-order valence-corrected chi connectivity index (χ2v) is 15.2. The van der Waals surface area contributed by atoms with Crippen LogP contribution in [0.3, 0.4) is 0 Å². The molecule has 16 heteroatoms. The van der Waals surface area contributed by atoms with Crippen LogP contribution in [0.15, 0.2) is 103 Å². The molecule has 4 unspecified atom stereocenters. The van der Waals surface area contributed by atoms with Gasteiger partial charge in [0.1, 0.15) is 29.8 Å². The number of aromatic amines is 2. The minimum absolute atomic E-state index is 0.0134. The average Bonchev–Trinajstić information content (AvgIpc) is 4.13. The van der Waals surface area contributed by atoms with E-state index in [0.29, 0.717) is 36.9 Å². The zero-order valence-corrected chi connectivity index (χ0v) is 34.6. The van der Waals surface area contributed by atoms with Crippen LogP contribution in [0.5, 0.6) is 0 Å². The quantitative estimate of drug-likeness (QED) is 0.108. The molecule has 4 amide bonds. The van der Waals surface area contributed by atoms with E-state index in [1.54, 1.807) is 22.2 Å². The molecule has 0 saturated carbocycles. The first-order chi connectivity index (χ1) is 30.2. The summed E-state index contributed by atoms with van der Waals surface area (Å²) in [6.07, 6.45) is 3.71. The molecule has 0 spiro atoms. The van der Waals surface area contributed by atoms with Crippen LogP contribution in [-0.4, -0.2) is 114 Å². The smallest absolute Gasteiger partial charge is 0.407 e. The van der Waals surface area contributed by atoms with Gasteiger partial charge in [-0.05, 0) is 58.0 Å². The van der Waals surface area contributed by atoms with Gasteiger partial charge in [-0.25, -0.2) is 19.6 Å². The minimum Gasteiger partial charge on any atom is -0.453 e. The lowest BCUT2D eigenvalue weighted by atomic mass is 9.98. The molecule has 4 heterocycles. The van der Waals surface area contributed by atoms with Gasteiger partial charge in [0.05, 0.1) is 63.9 Å². The third-order valence-electron chi connectivity index (χ3n) is 11.4. The van der Waals surface area contributed by atoms with Gasteiger partial charge in [-0.3, -0.25) is 9.59 Å². The highest BCUT2D eigenvalue weighted by Gasteiger charge is 2.38. The summed E-state index contributed by atoms with van der Waals surface area (Å²) in [6, 6.07) is 27.4. The van der Waals surface area contributed by atoms with Crippen molar-refractivity contribution in [3.63, 3.8) is 0 Å². The molecule has 2 aliphatic heterocycles. The molecular formula is C46H48N8O8. The lowest BCUT2D eigenvalue weighted by Crippen LogP contribution is -2.54. The summed E-state index contributed by atoms with van der Waals surface area (Å²) in [6.45, 7) is 1.47. The number of morpholine rings is 1. The number of nitrogens with zero attached hydrogens (tertiary/aromatic N) is 4. The number of hydrogen-bond acceptors (Lipinski definition) is 10. The number of H-pyrrole nitrogens is 2.